The lowest BCUT2D eigenvalue weighted by Gasteiger charge is -2.36. The summed E-state index contributed by atoms with van der Waals surface area (Å²) >= 11 is 0. The Hall–Kier alpha value is -3.87. The van der Waals surface area contributed by atoms with Gasteiger partial charge in [-0.15, -0.1) is 0 Å². The molecule has 2 aliphatic heterocycles. The summed E-state index contributed by atoms with van der Waals surface area (Å²) in [6.45, 7) is 3.80. The number of aromatic nitrogens is 3. The lowest BCUT2D eigenvalue weighted by atomic mass is 10.2. The number of nitro groups is 1. The Kier molecular flexibility index (Phi) is 6.39. The molecule has 2 aromatic heterocycles. The Morgan fingerprint density at radius 3 is 2.44 bits per heavy atom. The molecule has 0 bridgehead atoms. The molecule has 190 valence electrons. The number of hydrogen-bond acceptors (Lipinski definition) is 8. The van der Waals surface area contributed by atoms with Gasteiger partial charge < -0.3 is 29.4 Å². The fourth-order valence-electron chi connectivity index (χ4n) is 4.21. The van der Waals surface area contributed by atoms with Crippen LogP contribution in [0.2, 0.25) is 0 Å². The molecule has 3 aromatic rings. The molecule has 0 aliphatic carbocycles. The van der Waals surface area contributed by atoms with Crippen LogP contribution in [0.15, 0.2) is 48.8 Å². The summed E-state index contributed by atoms with van der Waals surface area (Å²) in [5, 5.41) is 10.9. The van der Waals surface area contributed by atoms with Crippen molar-refractivity contribution in [2.45, 2.75) is 25.4 Å². The average Bonchev–Trinajstić information content (AvgIpc) is 3.32. The number of alkyl halides is 3. The first-order chi connectivity index (χ1) is 17.3. The summed E-state index contributed by atoms with van der Waals surface area (Å²) < 4.78 is 51.2. The second-order valence-electron chi connectivity index (χ2n) is 8.58. The van der Waals surface area contributed by atoms with E-state index < -0.39 is 16.7 Å². The topological polar surface area (TPSA) is 98.8 Å². The number of pyridine rings is 1. The summed E-state index contributed by atoms with van der Waals surface area (Å²) in [6.07, 6.45) is -2.43. The smallest absolute Gasteiger partial charge is 0.417 e. The molecule has 1 saturated heterocycles. The standard InChI is InChI=1S/C23H23F3N6O4/c24-23(25,26)17-3-6-20(27-11-17)30-9-7-29(8-10-30)18-4-1-16(2-5-18)14-35-19-12-31-13-21(32(33)34)28-22(31)36-15-19/h1-6,11,13,19H,7-10,12,14-15H2/t19-/m0/s1. The molecule has 0 N–H and O–H groups in total. The molecule has 0 saturated carbocycles. The van der Waals surface area contributed by atoms with Crippen molar-refractivity contribution in [3.8, 4) is 6.01 Å². The molecular formula is C23H23F3N6O4. The second-order valence-corrected chi connectivity index (χ2v) is 8.58. The van der Waals surface area contributed by atoms with Crippen LogP contribution < -0.4 is 14.5 Å². The minimum atomic E-state index is -4.39. The number of fused-ring (bicyclic) bond motifs is 1. The van der Waals surface area contributed by atoms with Crippen molar-refractivity contribution in [1.82, 2.24) is 14.5 Å². The number of benzene rings is 1. The molecule has 0 radical (unpaired) electrons. The number of anilines is 2. The largest absolute Gasteiger partial charge is 0.443 e. The van der Waals surface area contributed by atoms with Crippen molar-refractivity contribution in [3.63, 3.8) is 0 Å². The van der Waals surface area contributed by atoms with Crippen LogP contribution >= 0.6 is 0 Å². The monoisotopic (exact) mass is 504 g/mol. The van der Waals surface area contributed by atoms with Crippen molar-refractivity contribution in [2.75, 3.05) is 42.6 Å². The van der Waals surface area contributed by atoms with Crippen LogP contribution in [0.25, 0.3) is 0 Å². The molecule has 2 aliphatic rings. The highest BCUT2D eigenvalue weighted by Gasteiger charge is 2.31. The van der Waals surface area contributed by atoms with Gasteiger partial charge in [0.2, 0.25) is 0 Å². The molecule has 0 unspecified atom stereocenters. The Bertz CT molecular complexity index is 1210. The number of piperazine rings is 1. The molecular weight excluding hydrogens is 481 g/mol. The predicted octanol–water partition coefficient (Wildman–Crippen LogP) is 3.51. The van der Waals surface area contributed by atoms with E-state index in [0.29, 0.717) is 32.1 Å². The molecule has 0 amide bonds. The molecule has 4 heterocycles. The Labute approximate surface area is 204 Å². The van der Waals surface area contributed by atoms with Crippen molar-refractivity contribution in [3.05, 3.63) is 70.0 Å². The first-order valence-corrected chi connectivity index (χ1v) is 11.3. The Morgan fingerprint density at radius 2 is 1.81 bits per heavy atom. The fourth-order valence-corrected chi connectivity index (χ4v) is 4.21. The van der Waals surface area contributed by atoms with Gasteiger partial charge >= 0.3 is 18.0 Å². The third-order valence-corrected chi connectivity index (χ3v) is 6.18. The molecule has 0 spiro atoms. The fraction of sp³-hybridized carbons (Fsp3) is 0.391. The van der Waals surface area contributed by atoms with Gasteiger partial charge in [0, 0.05) is 43.0 Å². The van der Waals surface area contributed by atoms with Crippen LogP contribution in [0.1, 0.15) is 11.1 Å². The van der Waals surface area contributed by atoms with Crippen molar-refractivity contribution < 1.29 is 27.6 Å². The lowest BCUT2D eigenvalue weighted by Crippen LogP contribution is -2.46. The first-order valence-electron chi connectivity index (χ1n) is 11.3. The van der Waals surface area contributed by atoms with E-state index in [1.165, 1.54) is 12.3 Å². The predicted molar refractivity (Wildman–Crippen MR) is 123 cm³/mol. The van der Waals surface area contributed by atoms with Crippen LogP contribution in [0.3, 0.4) is 0 Å². The number of ether oxygens (including phenoxy) is 2. The van der Waals surface area contributed by atoms with Gasteiger partial charge in [-0.1, -0.05) is 12.1 Å². The molecule has 1 aromatic carbocycles. The number of hydrogen-bond donors (Lipinski definition) is 0. The van der Waals surface area contributed by atoms with Gasteiger partial charge in [-0.2, -0.15) is 13.2 Å². The van der Waals surface area contributed by atoms with E-state index in [9.17, 15) is 23.3 Å². The molecule has 1 fully saturated rings. The summed E-state index contributed by atoms with van der Waals surface area (Å²) in [6, 6.07) is 10.7. The minimum Gasteiger partial charge on any atom is -0.443 e. The van der Waals surface area contributed by atoms with E-state index in [0.717, 1.165) is 36.6 Å². The van der Waals surface area contributed by atoms with E-state index >= 15 is 0 Å². The highest BCUT2D eigenvalue weighted by atomic mass is 19.4. The van der Waals surface area contributed by atoms with E-state index in [2.05, 4.69) is 14.9 Å². The zero-order valence-corrected chi connectivity index (χ0v) is 19.1. The van der Waals surface area contributed by atoms with Crippen LogP contribution in [-0.2, 0) is 24.1 Å². The summed E-state index contributed by atoms with van der Waals surface area (Å²) in [5.41, 5.74) is 1.28. The van der Waals surface area contributed by atoms with Crippen LogP contribution in [0.4, 0.5) is 30.5 Å². The lowest BCUT2D eigenvalue weighted by molar-refractivity contribution is -0.389. The number of nitrogens with zero attached hydrogens (tertiary/aromatic N) is 6. The number of halogens is 3. The molecule has 10 nitrogen and oxygen atoms in total. The average molecular weight is 504 g/mol. The van der Waals surface area contributed by atoms with Gasteiger partial charge in [0.05, 0.1) is 18.7 Å². The second kappa shape index (κ2) is 9.64. The quantitative estimate of drug-likeness (QED) is 0.372. The van der Waals surface area contributed by atoms with E-state index in [4.69, 9.17) is 9.47 Å². The van der Waals surface area contributed by atoms with Gasteiger partial charge in [0.1, 0.15) is 24.7 Å². The third-order valence-electron chi connectivity index (χ3n) is 6.18. The maximum Gasteiger partial charge on any atom is 0.417 e. The highest BCUT2D eigenvalue weighted by Crippen LogP contribution is 2.30. The SMILES string of the molecule is O=[N+]([O-])c1cn2c(n1)OC[C@@H](OCc1ccc(N3CCN(c4ccc(C(F)(F)F)cn4)CC3)cc1)C2. The van der Waals surface area contributed by atoms with E-state index in [1.807, 2.05) is 29.2 Å². The van der Waals surface area contributed by atoms with Crippen molar-refractivity contribution >= 4 is 17.3 Å². The normalized spacial score (nSPS) is 18.0. The Morgan fingerprint density at radius 1 is 1.08 bits per heavy atom. The first kappa shape index (κ1) is 23.9. The molecule has 13 heteroatoms. The third kappa shape index (κ3) is 5.20. The van der Waals surface area contributed by atoms with Gasteiger partial charge in [0.15, 0.2) is 0 Å². The van der Waals surface area contributed by atoms with Crippen molar-refractivity contribution in [2.24, 2.45) is 0 Å². The van der Waals surface area contributed by atoms with Gasteiger partial charge in [-0.25, -0.2) is 4.98 Å². The van der Waals surface area contributed by atoms with E-state index in [-0.39, 0.29) is 24.5 Å². The molecule has 5 rings (SSSR count). The molecule has 36 heavy (non-hydrogen) atoms. The maximum absolute atomic E-state index is 12.8. The minimum absolute atomic E-state index is 0.222. The van der Waals surface area contributed by atoms with Crippen molar-refractivity contribution in [1.29, 1.82) is 0 Å². The van der Waals surface area contributed by atoms with Crippen LogP contribution in [0.5, 0.6) is 6.01 Å². The number of imidazole rings is 1. The molecule has 1 atom stereocenters. The van der Waals surface area contributed by atoms with Crippen LogP contribution in [0, 0.1) is 10.1 Å². The zero-order chi connectivity index (χ0) is 25.3. The summed E-state index contributed by atoms with van der Waals surface area (Å²) in [7, 11) is 0. The van der Waals surface area contributed by atoms with E-state index in [1.54, 1.807) is 4.57 Å². The zero-order valence-electron chi connectivity index (χ0n) is 19.1. The summed E-state index contributed by atoms with van der Waals surface area (Å²) in [4.78, 5) is 22.3. The van der Waals surface area contributed by atoms with Gasteiger partial charge in [0.25, 0.3) is 0 Å². The maximum atomic E-state index is 12.8. The highest BCUT2D eigenvalue weighted by molar-refractivity contribution is 5.50. The van der Waals surface area contributed by atoms with Gasteiger partial charge in [-0.05, 0) is 34.8 Å². The number of rotatable bonds is 6. The van der Waals surface area contributed by atoms with Crippen LogP contribution in [-0.4, -0.2) is 58.3 Å². The Balaban J connectivity index is 1.10. The van der Waals surface area contributed by atoms with Gasteiger partial charge in [-0.3, -0.25) is 4.57 Å². The summed E-state index contributed by atoms with van der Waals surface area (Å²) in [5.74, 6) is 0.289.